The number of ketones is 1. The lowest BCUT2D eigenvalue weighted by Crippen LogP contribution is -2.29. The second-order valence-corrected chi connectivity index (χ2v) is 13.8. The number of aliphatic imine (C=N–C) groups is 2. The highest BCUT2D eigenvalue weighted by atomic mass is 35.5. The van der Waals surface area contributed by atoms with Crippen LogP contribution in [0.2, 0.25) is 0 Å². The van der Waals surface area contributed by atoms with Gasteiger partial charge in [-0.1, -0.05) is 109 Å². The first kappa shape index (κ1) is 53.3. The molecule has 16 heteroatoms. The highest BCUT2D eigenvalue weighted by Crippen LogP contribution is 2.34. The predicted molar refractivity (Wildman–Crippen MR) is 240 cm³/mol. The Morgan fingerprint density at radius 1 is 0.672 bits per heavy atom. The van der Waals surface area contributed by atoms with Crippen LogP contribution in [-0.4, -0.2) is 44.4 Å². The van der Waals surface area contributed by atoms with Gasteiger partial charge in [-0.15, -0.1) is 26.3 Å². The number of nitrogen functional groups attached to an aromatic ring is 1. The zero-order valence-corrected chi connectivity index (χ0v) is 35.4. The van der Waals surface area contributed by atoms with Crippen molar-refractivity contribution >= 4 is 56.5 Å². The summed E-state index contributed by atoms with van der Waals surface area (Å²) >= 11 is 5.44. The van der Waals surface area contributed by atoms with Crippen molar-refractivity contribution in [2.75, 3.05) is 5.73 Å². The van der Waals surface area contributed by atoms with E-state index in [9.17, 15) is 39.9 Å². The number of carbonyl (C=O) groups is 1. The molecule has 5 rings (SSSR count). The van der Waals surface area contributed by atoms with Gasteiger partial charge in [0.05, 0.1) is 22.4 Å². The van der Waals surface area contributed by atoms with Crippen LogP contribution in [0.1, 0.15) is 42.5 Å². The molecule has 64 heavy (non-hydrogen) atoms. The third-order valence-electron chi connectivity index (χ3n) is 8.15. The largest absolute Gasteiger partial charge is 0.382 e. The standard InChI is InChI=1S/C13H13F2N3.C12H10F2N2.C12H12F2O.C11H10ClF2N/c1-3-6-13(14,15)11-12(16)18-10-7-8(2)4-5-9(10)17-11;1-2-8-12(13,14)11(9-15)16-10-6-4-3-5-7-10;1-2-8-12(13,14)11(15)9-10-6-4-3-5-7-10;1-2-8-11(13,14)10(12)15-9-6-4-3-5-7-9/h3-5,7H,1,6H2,2H3,(H2,16,18);2-7H,1,8H2;2-7H,1,8-9H2;2-7H,1,8H2. The Morgan fingerprint density at radius 2 is 1.14 bits per heavy atom. The molecule has 0 aliphatic carbocycles. The normalized spacial score (nSPS) is 11.8. The minimum Gasteiger partial charge on any atom is -0.382 e. The fraction of sp³-hybridized carbons (Fsp3) is 0.208. The van der Waals surface area contributed by atoms with Gasteiger partial charge in [0.2, 0.25) is 5.78 Å². The fourth-order valence-corrected chi connectivity index (χ4v) is 5.17. The molecule has 0 aliphatic heterocycles. The summed E-state index contributed by atoms with van der Waals surface area (Å²) in [6.45, 7) is 14.9. The summed E-state index contributed by atoms with van der Waals surface area (Å²) in [7, 11) is 0. The van der Waals surface area contributed by atoms with Crippen molar-refractivity contribution in [1.29, 1.82) is 5.26 Å². The highest BCUT2D eigenvalue weighted by molar-refractivity contribution is 6.67. The first-order chi connectivity index (χ1) is 30.2. The summed E-state index contributed by atoms with van der Waals surface area (Å²) in [5.74, 6) is -14.1. The van der Waals surface area contributed by atoms with E-state index in [1.54, 1.807) is 109 Å². The number of hydrogen-bond acceptors (Lipinski definition) is 7. The van der Waals surface area contributed by atoms with Gasteiger partial charge in [0.15, 0.2) is 22.4 Å². The molecule has 0 amide bonds. The molecular formula is C48H45ClF8N6O. The van der Waals surface area contributed by atoms with E-state index in [-0.39, 0.29) is 12.2 Å². The number of allylic oxidation sites excluding steroid dienone is 4. The molecule has 5 aromatic rings. The Balaban J connectivity index is 0.000000294. The van der Waals surface area contributed by atoms with Crippen molar-refractivity contribution < 1.29 is 39.9 Å². The number of benzene rings is 4. The third kappa shape index (κ3) is 17.5. The van der Waals surface area contributed by atoms with E-state index in [4.69, 9.17) is 22.6 Å². The molecular weight excluding hydrogens is 864 g/mol. The predicted octanol–water partition coefficient (Wildman–Crippen LogP) is 13.9. The van der Waals surface area contributed by atoms with Crippen LogP contribution in [0.5, 0.6) is 0 Å². The number of alkyl halides is 8. The SMILES string of the molecule is C=CCC(F)(F)C(=O)Cc1ccccc1.C=CCC(F)(F)C(C#N)=Nc1ccccc1.C=CCC(F)(F)C(Cl)=Nc1ccccc1.C=CCC(F)(F)c1nc2ccc(C)cc2nc1N. The maximum atomic E-state index is 13.8. The molecule has 2 N–H and O–H groups in total. The van der Waals surface area contributed by atoms with Crippen molar-refractivity contribution in [1.82, 2.24) is 9.97 Å². The van der Waals surface area contributed by atoms with E-state index in [2.05, 4.69) is 46.3 Å². The van der Waals surface area contributed by atoms with Gasteiger partial charge in [-0.25, -0.2) is 20.0 Å². The van der Waals surface area contributed by atoms with Gasteiger partial charge in [0, 0.05) is 32.1 Å². The molecule has 0 aliphatic rings. The van der Waals surface area contributed by atoms with E-state index in [1.165, 1.54) is 6.07 Å². The summed E-state index contributed by atoms with van der Waals surface area (Å²) in [5, 5.41) is 7.94. The molecule has 0 atom stereocenters. The molecule has 0 saturated heterocycles. The number of nitriles is 1. The van der Waals surface area contributed by atoms with Crippen LogP contribution in [0.3, 0.4) is 0 Å². The van der Waals surface area contributed by atoms with Crippen molar-refractivity contribution in [3.63, 3.8) is 0 Å². The second kappa shape index (κ2) is 25.4. The molecule has 1 heterocycles. The van der Waals surface area contributed by atoms with Crippen LogP contribution >= 0.6 is 11.6 Å². The lowest BCUT2D eigenvalue weighted by Gasteiger charge is -2.15. The summed E-state index contributed by atoms with van der Waals surface area (Å²) in [5.41, 5.74) is 7.54. The number of nitrogens with two attached hydrogens (primary N) is 1. The number of Topliss-reactive ketones (excluding diaryl/α,β-unsaturated/α-hetero) is 1. The van der Waals surface area contributed by atoms with E-state index in [1.807, 2.05) is 6.92 Å². The summed E-state index contributed by atoms with van der Waals surface area (Å²) in [6, 6.07) is 31.7. The number of aryl methyl sites for hydroxylation is 1. The second-order valence-electron chi connectivity index (χ2n) is 13.5. The van der Waals surface area contributed by atoms with Gasteiger partial charge in [-0.05, 0) is 54.4 Å². The molecule has 0 spiro atoms. The Hall–Kier alpha value is -6.79. The van der Waals surface area contributed by atoms with Crippen molar-refractivity contribution in [2.45, 2.75) is 62.7 Å². The first-order valence-electron chi connectivity index (χ1n) is 19.1. The maximum absolute atomic E-state index is 13.8. The topological polar surface area (TPSA) is 117 Å². The van der Waals surface area contributed by atoms with Gasteiger partial charge in [0.25, 0.3) is 5.92 Å². The monoisotopic (exact) mass is 908 g/mol. The van der Waals surface area contributed by atoms with Gasteiger partial charge in [0.1, 0.15) is 6.07 Å². The van der Waals surface area contributed by atoms with Gasteiger partial charge in [-0.3, -0.25) is 4.79 Å². The molecule has 7 nitrogen and oxygen atoms in total. The van der Waals surface area contributed by atoms with Gasteiger partial charge < -0.3 is 5.73 Å². The fourth-order valence-electron chi connectivity index (χ4n) is 4.99. The highest BCUT2D eigenvalue weighted by Gasteiger charge is 2.37. The molecule has 336 valence electrons. The van der Waals surface area contributed by atoms with Crippen LogP contribution in [-0.2, 0) is 17.1 Å². The first-order valence-corrected chi connectivity index (χ1v) is 19.4. The van der Waals surface area contributed by atoms with Crippen LogP contribution in [0.15, 0.2) is 170 Å². The summed E-state index contributed by atoms with van der Waals surface area (Å²) in [6.07, 6.45) is 1.93. The Bertz CT molecular complexity index is 2420. The molecule has 4 aromatic carbocycles. The third-order valence-corrected chi connectivity index (χ3v) is 8.51. The number of aromatic nitrogens is 2. The Labute approximate surface area is 371 Å². The van der Waals surface area contributed by atoms with E-state index in [0.29, 0.717) is 28.0 Å². The molecule has 0 saturated carbocycles. The van der Waals surface area contributed by atoms with Gasteiger partial charge in [-0.2, -0.15) is 40.4 Å². The Kier molecular flexibility index (Phi) is 21.1. The molecule has 0 bridgehead atoms. The van der Waals surface area contributed by atoms with E-state index >= 15 is 0 Å². The number of carbonyl (C=O) groups excluding carboxylic acids is 1. The number of rotatable bonds is 16. The minimum atomic E-state index is -3.29. The number of para-hydroxylation sites is 2. The number of nitrogens with zero attached hydrogens (tertiary/aromatic N) is 5. The number of anilines is 1. The molecule has 0 fully saturated rings. The number of halogens is 9. The lowest BCUT2D eigenvalue weighted by atomic mass is 10.0. The summed E-state index contributed by atoms with van der Waals surface area (Å²) in [4.78, 5) is 26.4. The number of fused-ring (bicyclic) bond motifs is 1. The van der Waals surface area contributed by atoms with Crippen molar-refractivity contribution in [3.8, 4) is 6.07 Å². The number of hydrogen-bond donors (Lipinski definition) is 1. The quantitative estimate of drug-likeness (QED) is 0.0601. The van der Waals surface area contributed by atoms with Crippen LogP contribution in [0.4, 0.5) is 52.3 Å². The lowest BCUT2D eigenvalue weighted by molar-refractivity contribution is -0.141. The van der Waals surface area contributed by atoms with Crippen LogP contribution in [0, 0.1) is 18.3 Å². The zero-order valence-electron chi connectivity index (χ0n) is 34.7. The average Bonchev–Trinajstić information content (AvgIpc) is 3.24. The van der Waals surface area contributed by atoms with Crippen LogP contribution < -0.4 is 5.73 Å². The van der Waals surface area contributed by atoms with E-state index in [0.717, 1.165) is 29.9 Å². The minimum absolute atomic E-state index is 0.234. The zero-order chi connectivity index (χ0) is 48.0. The maximum Gasteiger partial charge on any atom is 0.308 e. The van der Waals surface area contributed by atoms with Crippen LogP contribution in [0.25, 0.3) is 11.0 Å². The van der Waals surface area contributed by atoms with E-state index < -0.39 is 71.7 Å². The molecule has 0 radical (unpaired) electrons. The van der Waals surface area contributed by atoms with Crippen molar-refractivity contribution in [3.05, 3.63) is 177 Å². The molecule has 0 unspecified atom stereocenters. The average molecular weight is 909 g/mol. The summed E-state index contributed by atoms with van der Waals surface area (Å²) < 4.78 is 107. The van der Waals surface area contributed by atoms with Gasteiger partial charge >= 0.3 is 17.8 Å². The smallest absolute Gasteiger partial charge is 0.308 e. The molecule has 1 aromatic heterocycles. The van der Waals surface area contributed by atoms with Crippen molar-refractivity contribution in [2.24, 2.45) is 9.98 Å². The Morgan fingerprint density at radius 3 is 1.64 bits per heavy atom.